The Hall–Kier alpha value is -1.57. The summed E-state index contributed by atoms with van der Waals surface area (Å²) in [4.78, 5) is 1.42. The average Bonchev–Trinajstić information content (AvgIpc) is 3.37. The first-order chi connectivity index (χ1) is 19.5. The van der Waals surface area contributed by atoms with Crippen molar-refractivity contribution in [1.29, 1.82) is 0 Å². The molecule has 0 spiro atoms. The highest BCUT2D eigenvalue weighted by Gasteiger charge is 2.46. The first kappa shape index (κ1) is 31.4. The molecule has 0 saturated carbocycles. The van der Waals surface area contributed by atoms with Crippen LogP contribution in [0.1, 0.15) is 89.0 Å². The third-order valence-electron chi connectivity index (χ3n) is 8.18. The molecule has 5 nitrogen and oxygen atoms in total. The van der Waals surface area contributed by atoms with E-state index in [0.29, 0.717) is 18.5 Å². The minimum Gasteiger partial charge on any atom is -0.398 e. The summed E-state index contributed by atoms with van der Waals surface area (Å²) >= 11 is 2.00. The van der Waals surface area contributed by atoms with Gasteiger partial charge in [-0.25, -0.2) is 0 Å². The minimum absolute atomic E-state index is 0.0788. The molecule has 2 aliphatic heterocycles. The van der Waals surface area contributed by atoms with Gasteiger partial charge in [-0.05, 0) is 55.4 Å². The van der Waals surface area contributed by atoms with Crippen molar-refractivity contribution in [2.45, 2.75) is 114 Å². The summed E-state index contributed by atoms with van der Waals surface area (Å²) in [6, 6.07) is 15.3. The van der Waals surface area contributed by atoms with Crippen molar-refractivity contribution in [3.05, 3.63) is 59.2 Å². The smallest absolute Gasteiger partial charge is 0.112 e. The predicted molar refractivity (Wildman–Crippen MR) is 166 cm³/mol. The third kappa shape index (κ3) is 8.25. The third-order valence-corrected chi connectivity index (χ3v) is 9.50. The molecule has 1 saturated heterocycles. The van der Waals surface area contributed by atoms with Crippen LogP contribution < -0.4 is 5.73 Å². The second-order valence-corrected chi connectivity index (χ2v) is 12.8. The molecule has 222 valence electrons. The molecule has 40 heavy (non-hydrogen) atoms. The van der Waals surface area contributed by atoms with Crippen LogP contribution in [0.15, 0.2) is 47.4 Å². The van der Waals surface area contributed by atoms with Crippen molar-refractivity contribution in [2.24, 2.45) is 5.92 Å². The van der Waals surface area contributed by atoms with Crippen LogP contribution in [-0.4, -0.2) is 50.0 Å². The van der Waals surface area contributed by atoms with Crippen LogP contribution >= 0.6 is 11.8 Å². The van der Waals surface area contributed by atoms with Crippen molar-refractivity contribution in [1.82, 2.24) is 0 Å². The number of hydrogen-bond acceptors (Lipinski definition) is 6. The fraction of sp³-hybridized carbons (Fsp3) is 0.647. The number of benzene rings is 2. The molecule has 2 aliphatic rings. The zero-order valence-electron chi connectivity index (χ0n) is 25.1. The second-order valence-electron chi connectivity index (χ2n) is 11.5. The van der Waals surface area contributed by atoms with Gasteiger partial charge in [-0.1, -0.05) is 77.3 Å². The number of fused-ring (bicyclic) bond motifs is 1. The molecular weight excluding hydrogens is 518 g/mol. The first-order valence-corrected chi connectivity index (χ1v) is 16.5. The Bertz CT molecular complexity index is 1010. The van der Waals surface area contributed by atoms with Gasteiger partial charge in [0.15, 0.2) is 0 Å². The molecule has 2 aromatic rings. The SMILES string of the molecule is CCCCOCC1OC(c2cc(CC3Cc4ccccc4S3)ccc2N)C(C)[C@@H](OCCCC)[C@@H]1OCCCC. The van der Waals surface area contributed by atoms with Crippen LogP contribution in [0.2, 0.25) is 0 Å². The van der Waals surface area contributed by atoms with Gasteiger partial charge in [0.25, 0.3) is 0 Å². The van der Waals surface area contributed by atoms with E-state index >= 15 is 0 Å². The topological polar surface area (TPSA) is 62.9 Å². The molecule has 6 atom stereocenters. The fourth-order valence-electron chi connectivity index (χ4n) is 5.81. The highest BCUT2D eigenvalue weighted by atomic mass is 32.2. The molecule has 0 radical (unpaired) electrons. The maximum absolute atomic E-state index is 6.89. The Kier molecular flexibility index (Phi) is 12.7. The van der Waals surface area contributed by atoms with Gasteiger partial charge < -0.3 is 24.7 Å². The minimum atomic E-state index is -0.204. The van der Waals surface area contributed by atoms with Crippen LogP contribution in [0.4, 0.5) is 5.69 Å². The van der Waals surface area contributed by atoms with E-state index in [1.165, 1.54) is 16.0 Å². The van der Waals surface area contributed by atoms with Gasteiger partial charge in [0.05, 0.1) is 18.8 Å². The summed E-state index contributed by atoms with van der Waals surface area (Å²) in [5.41, 5.74) is 11.3. The number of thioether (sulfide) groups is 1. The van der Waals surface area contributed by atoms with E-state index in [9.17, 15) is 0 Å². The van der Waals surface area contributed by atoms with Gasteiger partial charge >= 0.3 is 0 Å². The lowest BCUT2D eigenvalue weighted by Gasteiger charge is -2.46. The molecule has 2 heterocycles. The van der Waals surface area contributed by atoms with E-state index in [4.69, 9.17) is 24.7 Å². The summed E-state index contributed by atoms with van der Waals surface area (Å²) < 4.78 is 26.1. The lowest BCUT2D eigenvalue weighted by molar-refractivity contribution is -0.238. The fourth-order valence-corrected chi connectivity index (χ4v) is 7.17. The zero-order chi connectivity index (χ0) is 28.3. The van der Waals surface area contributed by atoms with Crippen LogP contribution in [-0.2, 0) is 31.8 Å². The quantitative estimate of drug-likeness (QED) is 0.164. The molecule has 6 heteroatoms. The number of anilines is 1. The van der Waals surface area contributed by atoms with Gasteiger partial charge in [-0.2, -0.15) is 0 Å². The Morgan fingerprint density at radius 3 is 2.33 bits per heavy atom. The van der Waals surface area contributed by atoms with E-state index in [0.717, 1.165) is 75.8 Å². The molecule has 0 aliphatic carbocycles. The second kappa shape index (κ2) is 16.2. The predicted octanol–water partition coefficient (Wildman–Crippen LogP) is 7.79. The zero-order valence-corrected chi connectivity index (χ0v) is 25.9. The van der Waals surface area contributed by atoms with Crippen LogP contribution in [0.5, 0.6) is 0 Å². The van der Waals surface area contributed by atoms with Gasteiger partial charge in [-0.15, -0.1) is 11.8 Å². The van der Waals surface area contributed by atoms with Crippen LogP contribution in [0.25, 0.3) is 0 Å². The summed E-state index contributed by atoms with van der Waals surface area (Å²) in [5.74, 6) is 0.0954. The van der Waals surface area contributed by atoms with Gasteiger partial charge in [0, 0.05) is 47.1 Å². The van der Waals surface area contributed by atoms with E-state index in [-0.39, 0.29) is 30.3 Å². The Balaban J connectivity index is 1.55. The first-order valence-electron chi connectivity index (χ1n) is 15.6. The van der Waals surface area contributed by atoms with Gasteiger partial charge in [-0.3, -0.25) is 0 Å². The van der Waals surface area contributed by atoms with E-state index in [2.05, 4.69) is 70.2 Å². The molecule has 1 fully saturated rings. The van der Waals surface area contributed by atoms with Crippen molar-refractivity contribution in [3.63, 3.8) is 0 Å². The van der Waals surface area contributed by atoms with Crippen molar-refractivity contribution >= 4 is 17.4 Å². The lowest BCUT2D eigenvalue weighted by Crippen LogP contribution is -2.54. The number of hydrogen-bond donors (Lipinski definition) is 1. The molecule has 2 N–H and O–H groups in total. The molecule has 0 bridgehead atoms. The van der Waals surface area contributed by atoms with Crippen molar-refractivity contribution in [2.75, 3.05) is 32.2 Å². The van der Waals surface area contributed by atoms with Crippen molar-refractivity contribution < 1.29 is 18.9 Å². The normalized spacial score (nSPS) is 26.2. The average molecular weight is 570 g/mol. The molecular formula is C34H51NO4S. The van der Waals surface area contributed by atoms with Crippen LogP contribution in [0, 0.1) is 5.92 Å². The maximum atomic E-state index is 6.89. The number of ether oxygens (including phenoxy) is 4. The molecule has 4 unspecified atom stereocenters. The van der Waals surface area contributed by atoms with Crippen LogP contribution in [0.3, 0.4) is 0 Å². The monoisotopic (exact) mass is 569 g/mol. The number of nitrogen functional groups attached to an aromatic ring is 1. The summed E-state index contributed by atoms with van der Waals surface area (Å²) in [5, 5.41) is 0.541. The van der Waals surface area contributed by atoms with Gasteiger partial charge in [0.2, 0.25) is 0 Å². The highest BCUT2D eigenvalue weighted by molar-refractivity contribution is 8.00. The Labute approximate surface area is 246 Å². The molecule has 0 amide bonds. The molecule has 4 rings (SSSR count). The largest absolute Gasteiger partial charge is 0.398 e. The summed E-state index contributed by atoms with van der Waals surface area (Å²) in [6.45, 7) is 11.5. The highest BCUT2D eigenvalue weighted by Crippen LogP contribution is 2.43. The summed E-state index contributed by atoms with van der Waals surface area (Å²) in [7, 11) is 0. The lowest BCUT2D eigenvalue weighted by atomic mass is 9.83. The number of nitrogens with two attached hydrogens (primary N) is 1. The van der Waals surface area contributed by atoms with E-state index in [1.54, 1.807) is 0 Å². The van der Waals surface area contributed by atoms with E-state index < -0.39 is 0 Å². The Morgan fingerprint density at radius 1 is 0.900 bits per heavy atom. The van der Waals surface area contributed by atoms with Crippen molar-refractivity contribution in [3.8, 4) is 0 Å². The number of rotatable bonds is 16. The Morgan fingerprint density at radius 2 is 1.60 bits per heavy atom. The summed E-state index contributed by atoms with van der Waals surface area (Å²) in [6.07, 6.45) is 7.91. The maximum Gasteiger partial charge on any atom is 0.112 e. The molecule has 2 aromatic carbocycles. The van der Waals surface area contributed by atoms with E-state index in [1.807, 2.05) is 11.8 Å². The molecule has 0 aromatic heterocycles. The van der Waals surface area contributed by atoms with Gasteiger partial charge in [0.1, 0.15) is 12.2 Å². The number of unbranched alkanes of at least 4 members (excludes halogenated alkanes) is 3. The standard InChI is InChI=1S/C34H51NO4S/c1-5-8-17-36-23-30-34(38-19-10-7-3)33(37-18-9-6-2)24(4)32(39-30)28-21-25(15-16-29(28)35)20-27-22-26-13-11-12-14-31(26)40-27/h11-16,21,24,27,30,32-34H,5-10,17-20,22-23,35H2,1-4H3/t24?,27?,30?,32?,33-,34-/m1/s1.